The minimum atomic E-state index is 0.0628. The number of aromatic nitrogens is 1. The van der Waals surface area contributed by atoms with Crippen LogP contribution in [0.3, 0.4) is 0 Å². The number of quaternary nitrogens is 1. The predicted octanol–water partition coefficient (Wildman–Crippen LogP) is 2.48. The Bertz CT molecular complexity index is 689. The lowest BCUT2D eigenvalue weighted by Crippen LogP contribution is -2.90. The molecule has 0 saturated heterocycles. The van der Waals surface area contributed by atoms with Crippen molar-refractivity contribution < 1.29 is 5.32 Å². The third-order valence-electron chi connectivity index (χ3n) is 4.90. The molecule has 3 nitrogen and oxygen atoms in total. The SMILES string of the molecule is Cc1ccc2cc(C[NH2+][C@@H]3CCCC[C@H]3C)c(=O)[nH]c2c1. The quantitative estimate of drug-likeness (QED) is 0.894. The highest BCUT2D eigenvalue weighted by Gasteiger charge is 2.24. The molecular formula is C18H25N2O+. The highest BCUT2D eigenvalue weighted by atomic mass is 16.1. The maximum atomic E-state index is 12.2. The third kappa shape index (κ3) is 3.18. The van der Waals surface area contributed by atoms with E-state index in [0.717, 1.165) is 28.9 Å². The summed E-state index contributed by atoms with van der Waals surface area (Å²) in [6.45, 7) is 5.17. The number of rotatable bonds is 3. The summed E-state index contributed by atoms with van der Waals surface area (Å²) in [5.41, 5.74) is 3.07. The van der Waals surface area contributed by atoms with E-state index in [1.807, 2.05) is 13.0 Å². The average Bonchev–Trinajstić information content (AvgIpc) is 2.46. The number of nitrogens with one attached hydrogen (secondary N) is 1. The van der Waals surface area contributed by atoms with Crippen molar-refractivity contribution in [1.29, 1.82) is 0 Å². The van der Waals surface area contributed by atoms with Gasteiger partial charge in [0.1, 0.15) is 6.54 Å². The van der Waals surface area contributed by atoms with E-state index in [1.165, 1.54) is 31.2 Å². The zero-order valence-electron chi connectivity index (χ0n) is 13.0. The molecule has 0 aliphatic heterocycles. The molecule has 1 fully saturated rings. The van der Waals surface area contributed by atoms with Crippen LogP contribution in [-0.4, -0.2) is 11.0 Å². The fraction of sp³-hybridized carbons (Fsp3) is 0.500. The van der Waals surface area contributed by atoms with E-state index in [4.69, 9.17) is 0 Å². The Morgan fingerprint density at radius 2 is 2.05 bits per heavy atom. The summed E-state index contributed by atoms with van der Waals surface area (Å²) < 4.78 is 0. The molecule has 3 heteroatoms. The molecule has 1 aliphatic carbocycles. The number of hydrogen-bond acceptors (Lipinski definition) is 1. The zero-order chi connectivity index (χ0) is 14.8. The van der Waals surface area contributed by atoms with Gasteiger partial charge in [0.15, 0.2) is 0 Å². The highest BCUT2D eigenvalue weighted by Crippen LogP contribution is 2.21. The second-order valence-electron chi connectivity index (χ2n) is 6.58. The summed E-state index contributed by atoms with van der Waals surface area (Å²) in [5, 5.41) is 3.49. The van der Waals surface area contributed by atoms with E-state index < -0.39 is 0 Å². The largest absolute Gasteiger partial charge is 0.340 e. The summed E-state index contributed by atoms with van der Waals surface area (Å²) in [6.07, 6.45) is 5.31. The number of pyridine rings is 1. The molecule has 3 rings (SSSR count). The van der Waals surface area contributed by atoms with Gasteiger partial charge in [-0.2, -0.15) is 0 Å². The van der Waals surface area contributed by atoms with E-state index in [0.29, 0.717) is 6.04 Å². The first kappa shape index (κ1) is 14.3. The second-order valence-corrected chi connectivity index (χ2v) is 6.58. The second kappa shape index (κ2) is 6.02. The summed E-state index contributed by atoms with van der Waals surface area (Å²) in [6, 6.07) is 8.95. The molecule has 1 aromatic heterocycles. The van der Waals surface area contributed by atoms with Gasteiger partial charge in [0.05, 0.1) is 11.6 Å². The van der Waals surface area contributed by atoms with Gasteiger partial charge in [-0.1, -0.05) is 25.5 Å². The first-order valence-corrected chi connectivity index (χ1v) is 8.09. The van der Waals surface area contributed by atoms with E-state index in [9.17, 15) is 4.79 Å². The van der Waals surface area contributed by atoms with Crippen molar-refractivity contribution in [1.82, 2.24) is 4.98 Å². The first-order valence-electron chi connectivity index (χ1n) is 8.09. The number of nitrogens with two attached hydrogens (primary N) is 1. The van der Waals surface area contributed by atoms with E-state index in [-0.39, 0.29) is 5.56 Å². The minimum Gasteiger partial charge on any atom is -0.340 e. The Morgan fingerprint density at radius 1 is 1.24 bits per heavy atom. The van der Waals surface area contributed by atoms with Gasteiger partial charge in [0.25, 0.3) is 5.56 Å². The molecule has 21 heavy (non-hydrogen) atoms. The van der Waals surface area contributed by atoms with Gasteiger partial charge in [-0.05, 0) is 49.3 Å². The molecule has 1 saturated carbocycles. The maximum absolute atomic E-state index is 12.2. The highest BCUT2D eigenvalue weighted by molar-refractivity contribution is 5.79. The van der Waals surface area contributed by atoms with Crippen LogP contribution in [0.4, 0.5) is 0 Å². The maximum Gasteiger partial charge on any atom is 0.257 e. The van der Waals surface area contributed by atoms with Crippen LogP contribution in [0.1, 0.15) is 43.7 Å². The van der Waals surface area contributed by atoms with Gasteiger partial charge in [-0.3, -0.25) is 4.79 Å². The number of aromatic amines is 1. The minimum absolute atomic E-state index is 0.0628. The lowest BCUT2D eigenvalue weighted by atomic mass is 9.86. The van der Waals surface area contributed by atoms with Crippen LogP contribution in [0.5, 0.6) is 0 Å². The molecule has 0 bridgehead atoms. The fourth-order valence-electron chi connectivity index (χ4n) is 3.49. The monoisotopic (exact) mass is 285 g/mol. The fourth-order valence-corrected chi connectivity index (χ4v) is 3.49. The number of aryl methyl sites for hydroxylation is 1. The van der Waals surface area contributed by atoms with Gasteiger partial charge in [0.2, 0.25) is 0 Å². The molecule has 1 heterocycles. The van der Waals surface area contributed by atoms with Crippen molar-refractivity contribution in [2.45, 2.75) is 52.1 Å². The van der Waals surface area contributed by atoms with Gasteiger partial charge >= 0.3 is 0 Å². The van der Waals surface area contributed by atoms with E-state index in [1.54, 1.807) is 0 Å². The van der Waals surface area contributed by atoms with Crippen LogP contribution in [0.25, 0.3) is 10.9 Å². The van der Waals surface area contributed by atoms with Crippen molar-refractivity contribution in [3.8, 4) is 0 Å². The third-order valence-corrected chi connectivity index (χ3v) is 4.90. The topological polar surface area (TPSA) is 49.5 Å². The molecule has 2 atom stereocenters. The summed E-state index contributed by atoms with van der Waals surface area (Å²) >= 11 is 0. The zero-order valence-corrected chi connectivity index (χ0v) is 13.0. The van der Waals surface area contributed by atoms with Crippen molar-refractivity contribution in [2.24, 2.45) is 5.92 Å². The number of fused-ring (bicyclic) bond motifs is 1. The van der Waals surface area contributed by atoms with Crippen molar-refractivity contribution in [3.63, 3.8) is 0 Å². The van der Waals surface area contributed by atoms with Gasteiger partial charge in [-0.15, -0.1) is 0 Å². The molecule has 1 aromatic carbocycles. The van der Waals surface area contributed by atoms with Crippen molar-refractivity contribution in [2.75, 3.05) is 0 Å². The van der Waals surface area contributed by atoms with E-state index >= 15 is 0 Å². The average molecular weight is 285 g/mol. The van der Waals surface area contributed by atoms with Crippen LogP contribution in [-0.2, 0) is 6.54 Å². The lowest BCUT2D eigenvalue weighted by Gasteiger charge is -2.26. The van der Waals surface area contributed by atoms with Crippen LogP contribution in [0, 0.1) is 12.8 Å². The lowest BCUT2D eigenvalue weighted by molar-refractivity contribution is -0.712. The number of H-pyrrole nitrogens is 1. The molecule has 0 unspecified atom stereocenters. The number of hydrogen-bond donors (Lipinski definition) is 2. The molecule has 3 N–H and O–H groups in total. The summed E-state index contributed by atoms with van der Waals surface area (Å²) in [7, 11) is 0. The molecule has 112 valence electrons. The van der Waals surface area contributed by atoms with E-state index in [2.05, 4.69) is 35.4 Å². The molecule has 2 aromatic rings. The summed E-state index contributed by atoms with van der Waals surface area (Å²) in [4.78, 5) is 15.2. The van der Waals surface area contributed by atoms with Crippen LogP contribution < -0.4 is 10.9 Å². The van der Waals surface area contributed by atoms with Crippen LogP contribution in [0.15, 0.2) is 29.1 Å². The Labute approximate surface area is 125 Å². The summed E-state index contributed by atoms with van der Waals surface area (Å²) in [5.74, 6) is 0.765. The van der Waals surface area contributed by atoms with Crippen LogP contribution >= 0.6 is 0 Å². The molecule has 0 spiro atoms. The van der Waals surface area contributed by atoms with Crippen molar-refractivity contribution >= 4 is 10.9 Å². The Morgan fingerprint density at radius 3 is 2.86 bits per heavy atom. The molecule has 0 radical (unpaired) electrons. The van der Waals surface area contributed by atoms with Gasteiger partial charge in [0, 0.05) is 11.4 Å². The van der Waals surface area contributed by atoms with Gasteiger partial charge in [-0.25, -0.2) is 0 Å². The van der Waals surface area contributed by atoms with Crippen molar-refractivity contribution in [3.05, 3.63) is 45.7 Å². The molecule has 1 aliphatic rings. The first-order chi connectivity index (χ1) is 10.1. The molecular weight excluding hydrogens is 260 g/mol. The predicted molar refractivity (Wildman–Crippen MR) is 86.4 cm³/mol. The number of benzene rings is 1. The van der Waals surface area contributed by atoms with Gasteiger partial charge < -0.3 is 10.3 Å². The van der Waals surface area contributed by atoms with Crippen LogP contribution in [0.2, 0.25) is 0 Å². The Kier molecular flexibility index (Phi) is 4.11. The molecule has 0 amide bonds. The standard InChI is InChI=1S/C18H24N2O/c1-12-7-8-14-10-15(18(21)20-17(14)9-12)11-19-16-6-4-3-5-13(16)2/h7-10,13,16,19H,3-6,11H2,1-2H3,(H,20,21)/p+1/t13-,16-/m1/s1. The normalized spacial score (nSPS) is 22.6. The Hall–Kier alpha value is -1.61. The smallest absolute Gasteiger partial charge is 0.257 e. The Balaban J connectivity index is 1.79.